The van der Waals surface area contributed by atoms with Crippen molar-refractivity contribution < 1.29 is 28.8 Å². The van der Waals surface area contributed by atoms with Gasteiger partial charge >= 0.3 is 5.97 Å². The number of nitrogens with zero attached hydrogens (tertiary/aromatic N) is 2. The minimum Gasteiger partial charge on any atom is -0.502 e. The number of hydrogen-bond acceptors (Lipinski definition) is 7. The van der Waals surface area contributed by atoms with E-state index in [4.69, 9.17) is 18.9 Å². The van der Waals surface area contributed by atoms with E-state index in [9.17, 15) is 15.2 Å². The van der Waals surface area contributed by atoms with Crippen LogP contribution < -0.4 is 9.47 Å². The SMILES string of the molecule is COC(=O)C1=C(C)OC(n2cccc2)=C(C#N)[C@H]1c1cc(OC)c(O)c(OC)c1. The van der Waals surface area contributed by atoms with Crippen molar-refractivity contribution in [1.29, 1.82) is 5.26 Å². The number of allylic oxidation sites excluding steroid dienone is 2. The lowest BCUT2D eigenvalue weighted by molar-refractivity contribution is -0.136. The molecule has 2 aromatic rings. The molecular weight excluding hydrogens is 376 g/mol. The van der Waals surface area contributed by atoms with Gasteiger partial charge in [-0.3, -0.25) is 4.57 Å². The Morgan fingerprint density at radius 1 is 1.17 bits per heavy atom. The summed E-state index contributed by atoms with van der Waals surface area (Å²) < 4.78 is 22.9. The molecule has 1 N–H and O–H groups in total. The van der Waals surface area contributed by atoms with Gasteiger partial charge in [-0.25, -0.2) is 4.79 Å². The van der Waals surface area contributed by atoms with Gasteiger partial charge in [0.25, 0.3) is 0 Å². The summed E-state index contributed by atoms with van der Waals surface area (Å²) in [4.78, 5) is 12.6. The molecule has 1 aromatic heterocycles. The fourth-order valence-electron chi connectivity index (χ4n) is 3.29. The van der Waals surface area contributed by atoms with E-state index in [1.807, 2.05) is 0 Å². The summed E-state index contributed by atoms with van der Waals surface area (Å²) in [6, 6.07) is 8.85. The highest BCUT2D eigenvalue weighted by Gasteiger charge is 2.38. The Bertz CT molecular complexity index is 1020. The van der Waals surface area contributed by atoms with Crippen molar-refractivity contribution in [3.63, 3.8) is 0 Å². The van der Waals surface area contributed by atoms with Crippen LogP contribution in [0.1, 0.15) is 18.4 Å². The lowest BCUT2D eigenvalue weighted by Gasteiger charge is -2.29. The second kappa shape index (κ2) is 8.02. The summed E-state index contributed by atoms with van der Waals surface area (Å²) >= 11 is 0. The third-order valence-electron chi connectivity index (χ3n) is 4.64. The van der Waals surface area contributed by atoms with Crippen LogP contribution in [0.25, 0.3) is 5.88 Å². The first-order valence-electron chi connectivity index (χ1n) is 8.66. The molecular formula is C21H20N2O6. The van der Waals surface area contributed by atoms with E-state index in [0.29, 0.717) is 11.3 Å². The predicted molar refractivity (Wildman–Crippen MR) is 103 cm³/mol. The number of esters is 1. The van der Waals surface area contributed by atoms with E-state index in [0.717, 1.165) is 0 Å². The van der Waals surface area contributed by atoms with Gasteiger partial charge in [-0.1, -0.05) is 0 Å². The normalized spacial score (nSPS) is 16.2. The fraction of sp³-hybridized carbons (Fsp3) is 0.238. The van der Waals surface area contributed by atoms with Gasteiger partial charge in [0, 0.05) is 12.4 Å². The molecule has 1 atom stereocenters. The lowest BCUT2D eigenvalue weighted by Crippen LogP contribution is -2.23. The second-order valence-electron chi connectivity index (χ2n) is 6.19. The Morgan fingerprint density at radius 3 is 2.24 bits per heavy atom. The van der Waals surface area contributed by atoms with Gasteiger partial charge in [0.1, 0.15) is 17.4 Å². The molecule has 1 aromatic carbocycles. The minimum absolute atomic E-state index is 0.146. The van der Waals surface area contributed by atoms with E-state index in [-0.39, 0.29) is 34.3 Å². The van der Waals surface area contributed by atoms with Crippen LogP contribution >= 0.6 is 0 Å². The molecule has 0 radical (unpaired) electrons. The van der Waals surface area contributed by atoms with E-state index in [1.165, 1.54) is 21.3 Å². The Balaban J connectivity index is 2.32. The van der Waals surface area contributed by atoms with Gasteiger partial charge in [0.15, 0.2) is 11.5 Å². The monoisotopic (exact) mass is 396 g/mol. The van der Waals surface area contributed by atoms with E-state index >= 15 is 0 Å². The summed E-state index contributed by atoms with van der Waals surface area (Å²) in [7, 11) is 4.06. The van der Waals surface area contributed by atoms with E-state index in [2.05, 4.69) is 6.07 Å². The largest absolute Gasteiger partial charge is 0.502 e. The standard InChI is InChI=1S/C21H20N2O6/c1-12-17(21(25)28-4)18(13-9-15(26-2)19(24)16(10-13)27-3)14(11-22)20(29-12)23-7-5-6-8-23/h5-10,18,24H,1-4H3/t18-/m1/s1. The Labute approximate surface area is 167 Å². The number of nitriles is 1. The van der Waals surface area contributed by atoms with Gasteiger partial charge in [0.05, 0.1) is 32.8 Å². The second-order valence-corrected chi connectivity index (χ2v) is 6.19. The van der Waals surface area contributed by atoms with Crippen LogP contribution in [0.5, 0.6) is 17.2 Å². The summed E-state index contributed by atoms with van der Waals surface area (Å²) in [6.07, 6.45) is 3.47. The number of carbonyl (C=O) groups is 1. The van der Waals surface area contributed by atoms with Crippen molar-refractivity contribution in [2.75, 3.05) is 21.3 Å². The number of aromatic hydroxyl groups is 1. The molecule has 1 aliphatic rings. The zero-order valence-corrected chi connectivity index (χ0v) is 16.4. The molecule has 29 heavy (non-hydrogen) atoms. The molecule has 0 spiro atoms. The third kappa shape index (κ3) is 3.38. The van der Waals surface area contributed by atoms with Crippen LogP contribution in [0.2, 0.25) is 0 Å². The first-order chi connectivity index (χ1) is 14.0. The minimum atomic E-state index is -0.818. The number of rotatable bonds is 5. The molecule has 1 aliphatic heterocycles. The smallest absolute Gasteiger partial charge is 0.338 e. The number of methoxy groups -OCH3 is 3. The summed E-state index contributed by atoms with van der Waals surface area (Å²) in [5.74, 6) is -0.756. The molecule has 3 rings (SSSR count). The van der Waals surface area contributed by atoms with Crippen molar-refractivity contribution in [1.82, 2.24) is 4.57 Å². The third-order valence-corrected chi connectivity index (χ3v) is 4.64. The zero-order valence-electron chi connectivity index (χ0n) is 16.4. The number of carbonyl (C=O) groups excluding carboxylic acids is 1. The van der Waals surface area contributed by atoms with Crippen LogP contribution in [0.15, 0.2) is 53.6 Å². The zero-order chi connectivity index (χ0) is 21.1. The number of ether oxygens (including phenoxy) is 4. The highest BCUT2D eigenvalue weighted by Crippen LogP contribution is 2.46. The topological polar surface area (TPSA) is 103 Å². The van der Waals surface area contributed by atoms with Crippen LogP contribution in [-0.2, 0) is 14.3 Å². The quantitative estimate of drug-likeness (QED) is 0.774. The molecule has 0 fully saturated rings. The highest BCUT2D eigenvalue weighted by atomic mass is 16.5. The number of phenols is 1. The average molecular weight is 396 g/mol. The summed E-state index contributed by atoms with van der Waals surface area (Å²) in [6.45, 7) is 1.63. The molecule has 0 saturated carbocycles. The Hall–Kier alpha value is -3.86. The van der Waals surface area contributed by atoms with Gasteiger partial charge in [-0.15, -0.1) is 0 Å². The van der Waals surface area contributed by atoms with E-state index < -0.39 is 11.9 Å². The van der Waals surface area contributed by atoms with Crippen molar-refractivity contribution in [2.45, 2.75) is 12.8 Å². The first-order valence-corrected chi connectivity index (χ1v) is 8.66. The van der Waals surface area contributed by atoms with E-state index in [1.54, 1.807) is 48.1 Å². The van der Waals surface area contributed by atoms with Crippen LogP contribution in [0.3, 0.4) is 0 Å². The highest BCUT2D eigenvalue weighted by molar-refractivity contribution is 5.93. The first kappa shape index (κ1) is 19.9. The predicted octanol–water partition coefficient (Wildman–Crippen LogP) is 3.16. The summed E-state index contributed by atoms with van der Waals surface area (Å²) in [5, 5.41) is 20.2. The van der Waals surface area contributed by atoms with Crippen molar-refractivity contribution in [3.8, 4) is 23.3 Å². The molecule has 0 aliphatic carbocycles. The lowest BCUT2D eigenvalue weighted by atomic mass is 9.82. The van der Waals surface area contributed by atoms with Gasteiger partial charge in [-0.05, 0) is 36.8 Å². The molecule has 8 nitrogen and oxygen atoms in total. The average Bonchev–Trinajstić information content (AvgIpc) is 3.27. The fourth-order valence-corrected chi connectivity index (χ4v) is 3.29. The maximum absolute atomic E-state index is 12.6. The van der Waals surface area contributed by atoms with Crippen molar-refractivity contribution in [3.05, 3.63) is 59.1 Å². The van der Waals surface area contributed by atoms with Crippen molar-refractivity contribution in [2.24, 2.45) is 0 Å². The number of aromatic nitrogens is 1. The molecule has 0 amide bonds. The molecule has 0 unspecified atom stereocenters. The number of phenolic OH excluding ortho intramolecular Hbond substituents is 1. The molecule has 0 bridgehead atoms. The van der Waals surface area contributed by atoms with Crippen LogP contribution in [0.4, 0.5) is 0 Å². The number of hydrogen-bond donors (Lipinski definition) is 1. The van der Waals surface area contributed by atoms with Crippen LogP contribution in [-0.4, -0.2) is 37.0 Å². The maximum Gasteiger partial charge on any atom is 0.338 e. The van der Waals surface area contributed by atoms with Gasteiger partial charge in [-0.2, -0.15) is 5.26 Å². The maximum atomic E-state index is 12.6. The number of benzene rings is 1. The van der Waals surface area contributed by atoms with Gasteiger partial charge in [0.2, 0.25) is 11.6 Å². The van der Waals surface area contributed by atoms with Gasteiger partial charge < -0.3 is 24.1 Å². The summed E-state index contributed by atoms with van der Waals surface area (Å²) in [5.41, 5.74) is 0.873. The Kier molecular flexibility index (Phi) is 5.50. The van der Waals surface area contributed by atoms with Crippen molar-refractivity contribution >= 4 is 11.9 Å². The molecule has 150 valence electrons. The Morgan fingerprint density at radius 2 is 1.76 bits per heavy atom. The molecule has 0 saturated heterocycles. The van der Waals surface area contributed by atoms with Crippen LogP contribution in [0, 0.1) is 11.3 Å². The molecule has 2 heterocycles. The molecule has 8 heteroatoms.